The molecular formula is C19H21N3O3. The molecule has 0 bridgehead atoms. The van der Waals surface area contributed by atoms with Gasteiger partial charge in [-0.3, -0.25) is 9.69 Å². The molecule has 0 fully saturated rings. The lowest BCUT2D eigenvalue weighted by Crippen LogP contribution is -2.37. The van der Waals surface area contributed by atoms with Crippen LogP contribution in [0.4, 0.5) is 0 Å². The van der Waals surface area contributed by atoms with Crippen LogP contribution in [0.3, 0.4) is 0 Å². The summed E-state index contributed by atoms with van der Waals surface area (Å²) in [6.07, 6.45) is 2.91. The molecule has 0 radical (unpaired) electrons. The highest BCUT2D eigenvalue weighted by Gasteiger charge is 2.22. The van der Waals surface area contributed by atoms with E-state index in [-0.39, 0.29) is 5.56 Å². The number of nitrogens with one attached hydrogen (secondary N) is 1. The monoisotopic (exact) mass is 339 g/mol. The first-order valence-corrected chi connectivity index (χ1v) is 8.43. The second-order valence-electron chi connectivity index (χ2n) is 6.53. The standard InChI is InChI=1S/C19H21N3O3/c1-12-20-17-10-22(6-5-16(17)19(23)21-12)9-13-7-14-8-15(24-2)3-4-18(14)25-11-13/h3-4,7-8H,5-6,9-11H2,1-2H3,(H,20,21,23). The van der Waals surface area contributed by atoms with Gasteiger partial charge in [-0.15, -0.1) is 0 Å². The normalized spacial score (nSPS) is 16.5. The van der Waals surface area contributed by atoms with Crippen molar-refractivity contribution in [1.29, 1.82) is 0 Å². The van der Waals surface area contributed by atoms with Gasteiger partial charge in [0.25, 0.3) is 5.56 Å². The third kappa shape index (κ3) is 3.17. The molecule has 0 spiro atoms. The van der Waals surface area contributed by atoms with Crippen LogP contribution in [0.25, 0.3) is 6.08 Å². The van der Waals surface area contributed by atoms with Gasteiger partial charge >= 0.3 is 0 Å². The number of hydrogen-bond acceptors (Lipinski definition) is 5. The minimum Gasteiger partial charge on any atom is -0.497 e. The first kappa shape index (κ1) is 15.9. The number of aromatic amines is 1. The predicted octanol–water partition coefficient (Wildman–Crippen LogP) is 1.92. The molecule has 0 saturated heterocycles. The molecule has 2 aliphatic rings. The molecule has 0 unspecified atom stereocenters. The molecule has 25 heavy (non-hydrogen) atoms. The molecule has 130 valence electrons. The molecule has 2 aromatic rings. The van der Waals surface area contributed by atoms with Crippen LogP contribution in [0.5, 0.6) is 11.5 Å². The quantitative estimate of drug-likeness (QED) is 0.925. The van der Waals surface area contributed by atoms with Crippen LogP contribution in [0.1, 0.15) is 22.6 Å². The van der Waals surface area contributed by atoms with Crippen LogP contribution in [-0.2, 0) is 13.0 Å². The summed E-state index contributed by atoms with van der Waals surface area (Å²) >= 11 is 0. The molecule has 0 amide bonds. The fourth-order valence-corrected chi connectivity index (χ4v) is 3.46. The number of methoxy groups -OCH3 is 1. The summed E-state index contributed by atoms with van der Waals surface area (Å²) in [7, 11) is 1.66. The Balaban J connectivity index is 1.53. The van der Waals surface area contributed by atoms with Crippen molar-refractivity contribution in [2.24, 2.45) is 0 Å². The Labute approximate surface area is 146 Å². The van der Waals surface area contributed by atoms with Gasteiger partial charge in [0.1, 0.15) is 23.9 Å². The minimum atomic E-state index is 0.00314. The number of nitrogens with zero attached hydrogens (tertiary/aromatic N) is 2. The number of benzene rings is 1. The topological polar surface area (TPSA) is 67.5 Å². The minimum absolute atomic E-state index is 0.00314. The smallest absolute Gasteiger partial charge is 0.254 e. The SMILES string of the molecule is COc1ccc2c(c1)C=C(CN1CCc3c(nc(C)[nH]c3=O)C1)CO2. The lowest BCUT2D eigenvalue weighted by Gasteiger charge is -2.29. The average molecular weight is 339 g/mol. The first-order chi connectivity index (χ1) is 12.1. The van der Waals surface area contributed by atoms with Crippen molar-refractivity contribution in [2.75, 3.05) is 26.8 Å². The zero-order valence-corrected chi connectivity index (χ0v) is 14.5. The van der Waals surface area contributed by atoms with Crippen LogP contribution < -0.4 is 15.0 Å². The van der Waals surface area contributed by atoms with Crippen molar-refractivity contribution in [3.05, 3.63) is 56.8 Å². The number of fused-ring (bicyclic) bond motifs is 2. The van der Waals surface area contributed by atoms with E-state index in [0.717, 1.165) is 47.8 Å². The van der Waals surface area contributed by atoms with E-state index in [1.165, 1.54) is 5.57 Å². The molecule has 1 aromatic heterocycles. The van der Waals surface area contributed by atoms with E-state index < -0.39 is 0 Å². The molecule has 0 atom stereocenters. The van der Waals surface area contributed by atoms with E-state index >= 15 is 0 Å². The summed E-state index contributed by atoms with van der Waals surface area (Å²) in [6, 6.07) is 5.84. The summed E-state index contributed by atoms with van der Waals surface area (Å²) in [5, 5.41) is 0. The van der Waals surface area contributed by atoms with Crippen LogP contribution in [0.2, 0.25) is 0 Å². The molecule has 3 heterocycles. The van der Waals surface area contributed by atoms with E-state index in [4.69, 9.17) is 9.47 Å². The van der Waals surface area contributed by atoms with Crippen molar-refractivity contribution in [2.45, 2.75) is 19.9 Å². The molecular weight excluding hydrogens is 318 g/mol. The maximum atomic E-state index is 12.0. The molecule has 2 aliphatic heterocycles. The van der Waals surface area contributed by atoms with Gasteiger partial charge in [0, 0.05) is 30.8 Å². The van der Waals surface area contributed by atoms with E-state index in [1.54, 1.807) is 7.11 Å². The highest BCUT2D eigenvalue weighted by molar-refractivity contribution is 5.64. The van der Waals surface area contributed by atoms with Crippen molar-refractivity contribution < 1.29 is 9.47 Å². The van der Waals surface area contributed by atoms with Gasteiger partial charge in [-0.25, -0.2) is 4.98 Å². The van der Waals surface area contributed by atoms with Gasteiger partial charge in [-0.2, -0.15) is 0 Å². The zero-order valence-electron chi connectivity index (χ0n) is 14.5. The zero-order chi connectivity index (χ0) is 17.4. The lowest BCUT2D eigenvalue weighted by atomic mass is 10.0. The van der Waals surface area contributed by atoms with E-state index in [0.29, 0.717) is 19.0 Å². The van der Waals surface area contributed by atoms with E-state index in [9.17, 15) is 4.79 Å². The Morgan fingerprint density at radius 2 is 2.28 bits per heavy atom. The largest absolute Gasteiger partial charge is 0.497 e. The van der Waals surface area contributed by atoms with Gasteiger partial charge in [0.05, 0.1) is 12.8 Å². The third-order valence-electron chi connectivity index (χ3n) is 4.69. The van der Waals surface area contributed by atoms with Crippen LogP contribution in [0.15, 0.2) is 28.6 Å². The Bertz CT molecular complexity index is 901. The second kappa shape index (κ2) is 6.37. The highest BCUT2D eigenvalue weighted by Crippen LogP contribution is 2.30. The highest BCUT2D eigenvalue weighted by atomic mass is 16.5. The molecule has 6 heteroatoms. The summed E-state index contributed by atoms with van der Waals surface area (Å²) < 4.78 is 11.2. The number of hydrogen-bond donors (Lipinski definition) is 1. The summed E-state index contributed by atoms with van der Waals surface area (Å²) in [4.78, 5) is 21.6. The number of ether oxygens (including phenoxy) is 2. The molecule has 0 saturated carbocycles. The molecule has 1 aromatic carbocycles. The first-order valence-electron chi connectivity index (χ1n) is 8.43. The third-order valence-corrected chi connectivity index (χ3v) is 4.69. The number of aryl methyl sites for hydroxylation is 1. The van der Waals surface area contributed by atoms with Gasteiger partial charge in [-0.1, -0.05) is 0 Å². The Morgan fingerprint density at radius 3 is 3.12 bits per heavy atom. The molecule has 0 aliphatic carbocycles. The van der Waals surface area contributed by atoms with Crippen molar-refractivity contribution in [3.63, 3.8) is 0 Å². The Hall–Kier alpha value is -2.60. The molecule has 1 N–H and O–H groups in total. The number of H-pyrrole nitrogens is 1. The van der Waals surface area contributed by atoms with Gasteiger partial charge in [-0.05, 0) is 43.2 Å². The number of rotatable bonds is 3. The fourth-order valence-electron chi connectivity index (χ4n) is 3.46. The van der Waals surface area contributed by atoms with E-state index in [1.807, 2.05) is 25.1 Å². The molecule has 6 nitrogen and oxygen atoms in total. The van der Waals surface area contributed by atoms with Crippen LogP contribution in [-0.4, -0.2) is 41.7 Å². The predicted molar refractivity (Wildman–Crippen MR) is 95.0 cm³/mol. The molecule has 4 rings (SSSR count). The van der Waals surface area contributed by atoms with Crippen molar-refractivity contribution in [1.82, 2.24) is 14.9 Å². The van der Waals surface area contributed by atoms with Gasteiger partial charge in [0.15, 0.2) is 0 Å². The Morgan fingerprint density at radius 1 is 1.40 bits per heavy atom. The summed E-state index contributed by atoms with van der Waals surface area (Å²) in [5.74, 6) is 2.38. The van der Waals surface area contributed by atoms with Crippen LogP contribution >= 0.6 is 0 Å². The van der Waals surface area contributed by atoms with Crippen molar-refractivity contribution >= 4 is 6.08 Å². The maximum absolute atomic E-state index is 12.0. The maximum Gasteiger partial charge on any atom is 0.254 e. The van der Waals surface area contributed by atoms with Crippen LogP contribution in [0, 0.1) is 6.92 Å². The summed E-state index contributed by atoms with van der Waals surface area (Å²) in [6.45, 7) is 4.77. The lowest BCUT2D eigenvalue weighted by molar-refractivity contribution is 0.252. The number of aromatic nitrogens is 2. The van der Waals surface area contributed by atoms with Gasteiger partial charge < -0.3 is 14.5 Å². The van der Waals surface area contributed by atoms with Crippen molar-refractivity contribution in [3.8, 4) is 11.5 Å². The average Bonchev–Trinajstić information content (AvgIpc) is 2.60. The summed E-state index contributed by atoms with van der Waals surface area (Å²) in [5.41, 5.74) is 3.98. The Kier molecular flexibility index (Phi) is 4.05. The fraction of sp³-hybridized carbons (Fsp3) is 0.368. The van der Waals surface area contributed by atoms with E-state index in [2.05, 4.69) is 20.9 Å². The van der Waals surface area contributed by atoms with Gasteiger partial charge in [0.2, 0.25) is 0 Å². The second-order valence-corrected chi connectivity index (χ2v) is 6.53.